The molecule has 1 aromatic carbocycles. The number of hydrogen-bond acceptors (Lipinski definition) is 3. The molecule has 2 rings (SSSR count). The highest BCUT2D eigenvalue weighted by Crippen LogP contribution is 2.24. The highest BCUT2D eigenvalue weighted by molar-refractivity contribution is 7.89. The zero-order chi connectivity index (χ0) is 14.2. The van der Waals surface area contributed by atoms with Gasteiger partial charge in [0.05, 0.1) is 17.1 Å². The lowest BCUT2D eigenvalue weighted by Gasteiger charge is -2.34. The van der Waals surface area contributed by atoms with Crippen LogP contribution in [0.25, 0.3) is 0 Å². The van der Waals surface area contributed by atoms with E-state index in [0.717, 1.165) is 11.1 Å². The molecule has 1 saturated heterocycles. The second-order valence-corrected chi connectivity index (χ2v) is 7.25. The maximum Gasteiger partial charge on any atom is 0.243 e. The molecule has 0 N–H and O–H groups in total. The Balaban J connectivity index is 2.39. The van der Waals surface area contributed by atoms with Gasteiger partial charge in [-0.3, -0.25) is 0 Å². The van der Waals surface area contributed by atoms with Crippen LogP contribution < -0.4 is 0 Å². The number of sulfonamides is 1. The fourth-order valence-corrected chi connectivity index (χ4v) is 4.35. The summed E-state index contributed by atoms with van der Waals surface area (Å²) in [4.78, 5) is 0.411. The number of benzene rings is 1. The topological polar surface area (TPSA) is 46.6 Å². The van der Waals surface area contributed by atoms with Gasteiger partial charge in [-0.1, -0.05) is 12.1 Å². The van der Waals surface area contributed by atoms with Crippen LogP contribution in [0.15, 0.2) is 23.1 Å². The zero-order valence-electron chi connectivity index (χ0n) is 11.9. The Bertz CT molecular complexity index is 558. The minimum absolute atomic E-state index is 0.0661. The smallest absolute Gasteiger partial charge is 0.243 e. The Hall–Kier alpha value is -0.910. The Labute approximate surface area is 115 Å². The van der Waals surface area contributed by atoms with E-state index in [4.69, 9.17) is 4.74 Å². The van der Waals surface area contributed by atoms with E-state index in [1.807, 2.05) is 39.8 Å². The number of nitrogens with zero attached hydrogens (tertiary/aromatic N) is 1. The molecule has 1 fully saturated rings. The van der Waals surface area contributed by atoms with E-state index in [0.29, 0.717) is 18.0 Å². The molecular formula is C14H21NO3S. The van der Waals surface area contributed by atoms with Gasteiger partial charge in [0, 0.05) is 13.1 Å². The summed E-state index contributed by atoms with van der Waals surface area (Å²) in [7, 11) is -3.43. The average Bonchev–Trinajstić information content (AvgIpc) is 2.31. The molecule has 0 unspecified atom stereocenters. The SMILES string of the molecule is Cc1ccc(C)c(S(=O)(=O)N2C[C@@H](C)O[C@@H](C)C2)c1. The van der Waals surface area contributed by atoms with E-state index in [1.165, 1.54) is 4.31 Å². The minimum Gasteiger partial charge on any atom is -0.373 e. The molecule has 0 bridgehead atoms. The maximum atomic E-state index is 12.7. The quantitative estimate of drug-likeness (QED) is 0.835. The van der Waals surface area contributed by atoms with Gasteiger partial charge in [-0.2, -0.15) is 4.31 Å². The van der Waals surface area contributed by atoms with Crippen LogP contribution in [-0.4, -0.2) is 38.0 Å². The lowest BCUT2D eigenvalue weighted by Crippen LogP contribution is -2.48. The molecule has 2 atom stereocenters. The third kappa shape index (κ3) is 2.99. The van der Waals surface area contributed by atoms with Gasteiger partial charge in [0.1, 0.15) is 0 Å². The predicted molar refractivity (Wildman–Crippen MR) is 74.7 cm³/mol. The number of hydrogen-bond donors (Lipinski definition) is 0. The Morgan fingerprint density at radius 1 is 1.16 bits per heavy atom. The van der Waals surface area contributed by atoms with Crippen LogP contribution in [0.2, 0.25) is 0 Å². The summed E-state index contributed by atoms with van der Waals surface area (Å²) in [5.41, 5.74) is 1.75. The molecule has 0 radical (unpaired) electrons. The standard InChI is InChI=1S/C14H21NO3S/c1-10-5-6-11(2)14(7-10)19(16,17)15-8-12(3)18-13(4)9-15/h5-7,12-13H,8-9H2,1-4H3/t12-,13+. The van der Waals surface area contributed by atoms with E-state index in [9.17, 15) is 8.42 Å². The fraction of sp³-hybridized carbons (Fsp3) is 0.571. The summed E-state index contributed by atoms with van der Waals surface area (Å²) in [5, 5.41) is 0. The van der Waals surface area contributed by atoms with Crippen LogP contribution in [-0.2, 0) is 14.8 Å². The van der Waals surface area contributed by atoms with Gasteiger partial charge in [-0.25, -0.2) is 8.42 Å². The second-order valence-electron chi connectivity index (χ2n) is 5.35. The number of rotatable bonds is 2. The summed E-state index contributed by atoms with van der Waals surface area (Å²) in [6.07, 6.45) is -0.132. The van der Waals surface area contributed by atoms with Crippen molar-refractivity contribution in [3.63, 3.8) is 0 Å². The summed E-state index contributed by atoms with van der Waals surface area (Å²) >= 11 is 0. The first-order valence-corrected chi connectivity index (χ1v) is 7.97. The van der Waals surface area contributed by atoms with Crippen LogP contribution in [0, 0.1) is 13.8 Å². The van der Waals surface area contributed by atoms with Gasteiger partial charge in [0.25, 0.3) is 0 Å². The molecule has 0 spiro atoms. The van der Waals surface area contributed by atoms with Gasteiger partial charge in [0.2, 0.25) is 10.0 Å². The molecule has 106 valence electrons. The van der Waals surface area contributed by atoms with Crippen molar-refractivity contribution in [1.82, 2.24) is 4.31 Å². The van der Waals surface area contributed by atoms with Crippen LogP contribution in [0.5, 0.6) is 0 Å². The van der Waals surface area contributed by atoms with Crippen LogP contribution in [0.4, 0.5) is 0 Å². The van der Waals surface area contributed by atoms with Crippen molar-refractivity contribution >= 4 is 10.0 Å². The highest BCUT2D eigenvalue weighted by Gasteiger charge is 2.32. The first-order chi connectivity index (χ1) is 8.80. The number of morpholine rings is 1. The third-order valence-corrected chi connectivity index (χ3v) is 5.32. The van der Waals surface area contributed by atoms with Gasteiger partial charge in [-0.05, 0) is 44.9 Å². The minimum atomic E-state index is -3.43. The lowest BCUT2D eigenvalue weighted by atomic mass is 10.2. The maximum absolute atomic E-state index is 12.7. The van der Waals surface area contributed by atoms with Crippen LogP contribution in [0.1, 0.15) is 25.0 Å². The second kappa shape index (κ2) is 5.23. The van der Waals surface area contributed by atoms with Crippen molar-refractivity contribution in [2.24, 2.45) is 0 Å². The van der Waals surface area contributed by atoms with Crippen molar-refractivity contribution in [1.29, 1.82) is 0 Å². The number of aryl methyl sites for hydroxylation is 2. The zero-order valence-corrected chi connectivity index (χ0v) is 12.7. The van der Waals surface area contributed by atoms with E-state index >= 15 is 0 Å². The average molecular weight is 283 g/mol. The van der Waals surface area contributed by atoms with Crippen molar-refractivity contribution in [3.05, 3.63) is 29.3 Å². The lowest BCUT2D eigenvalue weighted by molar-refractivity contribution is -0.0440. The Kier molecular flexibility index (Phi) is 3.99. The van der Waals surface area contributed by atoms with Crippen molar-refractivity contribution in [2.75, 3.05) is 13.1 Å². The molecule has 1 aromatic rings. The highest BCUT2D eigenvalue weighted by atomic mass is 32.2. The predicted octanol–water partition coefficient (Wildman–Crippen LogP) is 2.10. The number of ether oxygens (including phenoxy) is 1. The monoisotopic (exact) mass is 283 g/mol. The fourth-order valence-electron chi connectivity index (χ4n) is 2.45. The molecule has 19 heavy (non-hydrogen) atoms. The molecule has 0 amide bonds. The van der Waals surface area contributed by atoms with Crippen molar-refractivity contribution < 1.29 is 13.2 Å². The molecule has 5 heteroatoms. The van der Waals surface area contributed by atoms with Gasteiger partial charge in [-0.15, -0.1) is 0 Å². The van der Waals surface area contributed by atoms with E-state index in [1.54, 1.807) is 6.07 Å². The normalized spacial score (nSPS) is 25.5. The summed E-state index contributed by atoms with van der Waals surface area (Å²) < 4.78 is 32.6. The summed E-state index contributed by atoms with van der Waals surface area (Å²) in [6.45, 7) is 8.38. The third-order valence-electron chi connectivity index (χ3n) is 3.35. The summed E-state index contributed by atoms with van der Waals surface area (Å²) in [5.74, 6) is 0. The summed E-state index contributed by atoms with van der Waals surface area (Å²) in [6, 6.07) is 5.53. The molecule has 0 aliphatic carbocycles. The molecule has 1 aliphatic rings. The molecular weight excluding hydrogens is 262 g/mol. The molecule has 0 saturated carbocycles. The molecule has 1 aliphatic heterocycles. The molecule has 4 nitrogen and oxygen atoms in total. The van der Waals surface area contributed by atoms with E-state index < -0.39 is 10.0 Å². The van der Waals surface area contributed by atoms with Crippen molar-refractivity contribution in [3.8, 4) is 0 Å². The van der Waals surface area contributed by atoms with Gasteiger partial charge in [0.15, 0.2) is 0 Å². The van der Waals surface area contributed by atoms with E-state index in [2.05, 4.69) is 0 Å². The van der Waals surface area contributed by atoms with Crippen molar-refractivity contribution in [2.45, 2.75) is 44.8 Å². The Morgan fingerprint density at radius 3 is 2.32 bits per heavy atom. The van der Waals surface area contributed by atoms with E-state index in [-0.39, 0.29) is 12.2 Å². The van der Waals surface area contributed by atoms with Gasteiger partial charge < -0.3 is 4.74 Å². The van der Waals surface area contributed by atoms with Crippen LogP contribution >= 0.6 is 0 Å². The first-order valence-electron chi connectivity index (χ1n) is 6.53. The first kappa shape index (κ1) is 14.5. The Morgan fingerprint density at radius 2 is 1.74 bits per heavy atom. The molecule has 1 heterocycles. The molecule has 0 aromatic heterocycles. The van der Waals surface area contributed by atoms with Crippen LogP contribution in [0.3, 0.4) is 0 Å². The van der Waals surface area contributed by atoms with Gasteiger partial charge >= 0.3 is 0 Å². The largest absolute Gasteiger partial charge is 0.373 e.